The molecular formula is C74H64N2O4. The summed E-state index contributed by atoms with van der Waals surface area (Å²) in [5, 5.41) is 2.29. The summed E-state index contributed by atoms with van der Waals surface area (Å²) in [5.74, 6) is 2.38. The van der Waals surface area contributed by atoms with Crippen LogP contribution in [0.1, 0.15) is 106 Å². The number of aryl methyl sites for hydroxylation is 3. The highest BCUT2D eigenvalue weighted by molar-refractivity contribution is 6.11. The Morgan fingerprint density at radius 2 is 1.09 bits per heavy atom. The van der Waals surface area contributed by atoms with Gasteiger partial charge < -0.3 is 23.7 Å². The molecule has 0 fully saturated rings. The number of ketones is 1. The van der Waals surface area contributed by atoms with Crippen LogP contribution in [0.3, 0.4) is 0 Å². The van der Waals surface area contributed by atoms with Gasteiger partial charge in [-0.3, -0.25) is 4.79 Å². The van der Waals surface area contributed by atoms with Crippen LogP contribution < -0.4 is 19.1 Å². The zero-order valence-electron chi connectivity index (χ0n) is 46.9. The van der Waals surface area contributed by atoms with Gasteiger partial charge in [-0.05, 0) is 204 Å². The minimum absolute atomic E-state index is 0.0274. The first-order chi connectivity index (χ1) is 38.6. The van der Waals surface area contributed by atoms with Crippen LogP contribution in [0.5, 0.6) is 17.2 Å². The SMILES string of the molecule is COc1ccc(C(C)(C)c2ccc3c4ccc(-c5ccc(OCOc6cc(C)c7c(c6)C7(C)c6ccccc6)cc5C)cc4n(-c4ccc(C(=O)c5ccc(N6c7ccccc7C(C)(C)c7ccccc76)cc5)cc4)c3c2)c(C)c1. The summed E-state index contributed by atoms with van der Waals surface area (Å²) in [6.45, 7) is 18.0. The van der Waals surface area contributed by atoms with Gasteiger partial charge in [0.1, 0.15) is 17.2 Å². The standard InChI is InChI=1S/C74H64N2O4/c1-46-39-57(79-45-80-58-41-48(3)70-65(44-58)74(70,8)52-17-11-10-12-18-52)33-37-59(46)51-27-35-60-61-36-28-53(72(4,5)62-38-34-56(78-9)40-47(62)2)43-69(61)76(68(60)42-51)55-31-25-50(26-32-55)71(77)49-23-29-54(30-24-49)75-66-21-15-13-19-63(66)73(6,7)64-20-14-16-22-67(64)75/h10-44H,45H2,1-9H3. The van der Waals surface area contributed by atoms with Crippen molar-refractivity contribution in [3.05, 3.63) is 279 Å². The van der Waals surface area contributed by atoms with Crippen molar-refractivity contribution < 1.29 is 19.0 Å². The van der Waals surface area contributed by atoms with Crippen LogP contribution in [0.4, 0.5) is 17.1 Å². The number of hydrogen-bond acceptors (Lipinski definition) is 5. The number of para-hydroxylation sites is 2. The number of hydrogen-bond donors (Lipinski definition) is 0. The van der Waals surface area contributed by atoms with E-state index >= 15 is 0 Å². The van der Waals surface area contributed by atoms with Crippen LogP contribution in [0.15, 0.2) is 212 Å². The summed E-state index contributed by atoms with van der Waals surface area (Å²) in [6, 6.07) is 74.7. The number of rotatable bonds is 13. The second-order valence-electron chi connectivity index (χ2n) is 23.1. The molecule has 10 aromatic carbocycles. The summed E-state index contributed by atoms with van der Waals surface area (Å²) in [7, 11) is 1.71. The largest absolute Gasteiger partial charge is 0.497 e. The lowest BCUT2D eigenvalue weighted by molar-refractivity contribution is 0.103. The lowest BCUT2D eigenvalue weighted by atomic mass is 9.73. The maximum atomic E-state index is 14.4. The van der Waals surface area contributed by atoms with Crippen LogP contribution in [-0.4, -0.2) is 24.3 Å². The van der Waals surface area contributed by atoms with Gasteiger partial charge in [-0.2, -0.15) is 0 Å². The van der Waals surface area contributed by atoms with E-state index in [1.807, 2.05) is 30.3 Å². The molecular weight excluding hydrogens is 981 g/mol. The molecule has 11 aromatic rings. The number of ether oxygens (including phenoxy) is 3. The van der Waals surface area contributed by atoms with Crippen LogP contribution in [0, 0.1) is 20.8 Å². The van der Waals surface area contributed by atoms with Crippen molar-refractivity contribution in [2.75, 3.05) is 18.8 Å². The molecule has 0 radical (unpaired) electrons. The number of nitrogens with zero attached hydrogens (tertiary/aromatic N) is 2. The Morgan fingerprint density at radius 1 is 0.512 bits per heavy atom. The van der Waals surface area contributed by atoms with E-state index in [1.54, 1.807) is 7.11 Å². The lowest BCUT2D eigenvalue weighted by Gasteiger charge is -2.42. The molecule has 6 heteroatoms. The molecule has 1 aliphatic heterocycles. The zero-order chi connectivity index (χ0) is 55.2. The van der Waals surface area contributed by atoms with Crippen molar-refractivity contribution in [2.45, 2.75) is 71.6 Å². The molecule has 394 valence electrons. The van der Waals surface area contributed by atoms with Gasteiger partial charge in [-0.25, -0.2) is 0 Å². The smallest absolute Gasteiger partial charge is 0.230 e. The second-order valence-corrected chi connectivity index (χ2v) is 23.1. The third-order valence-electron chi connectivity index (χ3n) is 17.6. The number of carbonyl (C=O) groups excluding carboxylic acids is 1. The maximum absolute atomic E-state index is 14.4. The van der Waals surface area contributed by atoms with Gasteiger partial charge in [0, 0.05) is 49.5 Å². The van der Waals surface area contributed by atoms with Crippen molar-refractivity contribution in [3.8, 4) is 34.1 Å². The molecule has 0 saturated heterocycles. The van der Waals surface area contributed by atoms with Crippen molar-refractivity contribution in [1.29, 1.82) is 0 Å². The van der Waals surface area contributed by atoms with Crippen molar-refractivity contribution in [1.82, 2.24) is 4.57 Å². The molecule has 0 spiro atoms. The highest BCUT2D eigenvalue weighted by Gasteiger charge is 2.49. The quantitative estimate of drug-likeness (QED) is 0.0851. The van der Waals surface area contributed by atoms with Crippen molar-refractivity contribution >= 4 is 44.7 Å². The topological polar surface area (TPSA) is 52.9 Å². The Bertz CT molecular complexity index is 4210. The Hall–Kier alpha value is -9.13. The fraction of sp³-hybridized carbons (Fsp3) is 0.176. The van der Waals surface area contributed by atoms with Crippen molar-refractivity contribution in [3.63, 3.8) is 0 Å². The Kier molecular flexibility index (Phi) is 12.0. The van der Waals surface area contributed by atoms with Crippen LogP contribution in [0.2, 0.25) is 0 Å². The van der Waals surface area contributed by atoms with E-state index in [4.69, 9.17) is 14.2 Å². The number of benzene rings is 10. The number of carbonyl (C=O) groups is 1. The zero-order valence-corrected chi connectivity index (χ0v) is 46.9. The Labute approximate surface area is 469 Å². The first-order valence-electron chi connectivity index (χ1n) is 27.7. The van der Waals surface area contributed by atoms with Gasteiger partial charge in [0.2, 0.25) is 6.79 Å². The van der Waals surface area contributed by atoms with E-state index in [0.717, 1.165) is 78.5 Å². The molecule has 2 heterocycles. The van der Waals surface area contributed by atoms with E-state index in [-0.39, 0.29) is 28.8 Å². The molecule has 1 atom stereocenters. The van der Waals surface area contributed by atoms with Crippen molar-refractivity contribution in [2.24, 2.45) is 0 Å². The van der Waals surface area contributed by atoms with Gasteiger partial charge in [0.25, 0.3) is 0 Å². The predicted octanol–water partition coefficient (Wildman–Crippen LogP) is 18.1. The number of aromatic nitrogens is 1. The first kappa shape index (κ1) is 50.4. The fourth-order valence-electron chi connectivity index (χ4n) is 13.2. The lowest BCUT2D eigenvalue weighted by Crippen LogP contribution is -2.30. The first-order valence-corrected chi connectivity index (χ1v) is 27.7. The summed E-state index contributed by atoms with van der Waals surface area (Å²) < 4.78 is 20.4. The third kappa shape index (κ3) is 8.19. The van der Waals surface area contributed by atoms with Gasteiger partial charge in [0.15, 0.2) is 5.78 Å². The summed E-state index contributed by atoms with van der Waals surface area (Å²) in [5.41, 5.74) is 21.8. The normalized spacial score (nSPS) is 15.0. The van der Waals surface area contributed by atoms with Gasteiger partial charge in [-0.1, -0.05) is 131 Å². The molecule has 2 aliphatic rings. The Morgan fingerprint density at radius 3 is 1.74 bits per heavy atom. The maximum Gasteiger partial charge on any atom is 0.230 e. The van der Waals surface area contributed by atoms with E-state index < -0.39 is 0 Å². The predicted molar refractivity (Wildman–Crippen MR) is 327 cm³/mol. The average molecular weight is 1050 g/mol. The fourth-order valence-corrected chi connectivity index (χ4v) is 13.2. The third-order valence-corrected chi connectivity index (χ3v) is 17.6. The molecule has 1 aromatic heterocycles. The number of fused-ring (bicyclic) bond motifs is 6. The van der Waals surface area contributed by atoms with Crippen LogP contribution in [0.25, 0.3) is 38.6 Å². The van der Waals surface area contributed by atoms with E-state index in [1.165, 1.54) is 50.1 Å². The average Bonchev–Trinajstić information content (AvgIpc) is 3.43. The highest BCUT2D eigenvalue weighted by Crippen LogP contribution is 2.57. The second kappa shape index (κ2) is 19.1. The molecule has 13 rings (SSSR count). The van der Waals surface area contributed by atoms with Gasteiger partial charge >= 0.3 is 0 Å². The molecule has 1 aliphatic carbocycles. The molecule has 6 nitrogen and oxygen atoms in total. The van der Waals surface area contributed by atoms with Gasteiger partial charge in [0.05, 0.1) is 29.5 Å². The minimum atomic E-state index is -0.322. The number of methoxy groups -OCH3 is 1. The summed E-state index contributed by atoms with van der Waals surface area (Å²) in [6.07, 6.45) is 0. The molecule has 0 amide bonds. The molecule has 0 bridgehead atoms. The molecule has 0 saturated carbocycles. The van der Waals surface area contributed by atoms with E-state index in [9.17, 15) is 4.79 Å². The van der Waals surface area contributed by atoms with Crippen LogP contribution >= 0.6 is 0 Å². The van der Waals surface area contributed by atoms with E-state index in [0.29, 0.717) is 11.1 Å². The highest BCUT2D eigenvalue weighted by atomic mass is 16.7. The van der Waals surface area contributed by atoms with Gasteiger partial charge in [-0.15, -0.1) is 0 Å². The molecule has 0 N–H and O–H groups in total. The number of anilines is 3. The van der Waals surface area contributed by atoms with Crippen LogP contribution in [-0.2, 0) is 16.2 Å². The Balaban J connectivity index is 0.814. The molecule has 1 unspecified atom stereocenters. The monoisotopic (exact) mass is 1040 g/mol. The molecule has 80 heavy (non-hydrogen) atoms. The minimum Gasteiger partial charge on any atom is -0.497 e. The summed E-state index contributed by atoms with van der Waals surface area (Å²) in [4.78, 5) is 16.7. The summed E-state index contributed by atoms with van der Waals surface area (Å²) >= 11 is 0. The van der Waals surface area contributed by atoms with E-state index in [2.05, 4.69) is 247 Å².